The second kappa shape index (κ2) is 7.29. The summed E-state index contributed by atoms with van der Waals surface area (Å²) in [5.41, 5.74) is 7.41. The number of ether oxygens (including phenoxy) is 1. The second-order valence-corrected chi connectivity index (χ2v) is 6.01. The van der Waals surface area contributed by atoms with E-state index in [-0.39, 0.29) is 17.7 Å². The number of aromatic nitrogens is 2. The van der Waals surface area contributed by atoms with Crippen molar-refractivity contribution in [1.82, 2.24) is 15.1 Å². The van der Waals surface area contributed by atoms with Gasteiger partial charge in [-0.2, -0.15) is 0 Å². The Kier molecular flexibility index (Phi) is 4.92. The lowest BCUT2D eigenvalue weighted by atomic mass is 9.95. The van der Waals surface area contributed by atoms with E-state index >= 15 is 0 Å². The minimum atomic E-state index is -0.285. The van der Waals surface area contributed by atoms with Gasteiger partial charge in [-0.3, -0.25) is 9.59 Å². The molecule has 0 saturated carbocycles. The number of rotatable bonds is 4. The highest BCUT2D eigenvalue weighted by Crippen LogP contribution is 2.22. The number of hydrogen-bond donors (Lipinski definition) is 1. The summed E-state index contributed by atoms with van der Waals surface area (Å²) in [6.45, 7) is 1.08. The summed E-state index contributed by atoms with van der Waals surface area (Å²) in [6.07, 6.45) is 1.23. The summed E-state index contributed by atoms with van der Waals surface area (Å²) >= 11 is 0. The van der Waals surface area contributed by atoms with Crippen molar-refractivity contribution in [2.24, 2.45) is 11.7 Å². The summed E-state index contributed by atoms with van der Waals surface area (Å²) in [5, 5.41) is 8.06. The molecule has 2 aromatic rings. The molecule has 3 rings (SSSR count). The molecule has 7 nitrogen and oxygen atoms in total. The zero-order chi connectivity index (χ0) is 17.8. The molecule has 1 fully saturated rings. The quantitative estimate of drug-likeness (QED) is 0.909. The third kappa shape index (κ3) is 3.76. The fraction of sp³-hybridized carbons (Fsp3) is 0.333. The standard InChI is InChI=1S/C18H20N4O3/c1-25-16-6-5-15(20-21-16)13-3-2-4-14(11-13)18(24)22-9-7-12(8-10-22)17(19)23/h2-6,11-12H,7-10H2,1H3,(H2,19,23). The molecule has 7 heteroatoms. The number of nitrogens with zero attached hydrogens (tertiary/aromatic N) is 3. The van der Waals surface area contributed by atoms with Gasteiger partial charge < -0.3 is 15.4 Å². The van der Waals surface area contributed by atoms with Gasteiger partial charge >= 0.3 is 0 Å². The van der Waals surface area contributed by atoms with Crippen LogP contribution in [0.2, 0.25) is 0 Å². The van der Waals surface area contributed by atoms with E-state index in [0.717, 1.165) is 5.56 Å². The third-order valence-electron chi connectivity index (χ3n) is 4.44. The number of piperidine rings is 1. The van der Waals surface area contributed by atoms with E-state index in [1.54, 1.807) is 29.2 Å². The van der Waals surface area contributed by atoms with Gasteiger partial charge in [-0.25, -0.2) is 0 Å². The molecule has 0 spiro atoms. The van der Waals surface area contributed by atoms with Gasteiger partial charge in [0, 0.05) is 36.2 Å². The Bertz CT molecular complexity index is 768. The molecule has 0 aliphatic carbocycles. The molecule has 25 heavy (non-hydrogen) atoms. The maximum absolute atomic E-state index is 12.7. The molecule has 1 aliphatic heterocycles. The molecule has 1 aromatic carbocycles. The van der Waals surface area contributed by atoms with Crippen LogP contribution in [0.4, 0.5) is 0 Å². The van der Waals surface area contributed by atoms with Crippen LogP contribution in [0.1, 0.15) is 23.2 Å². The van der Waals surface area contributed by atoms with E-state index in [0.29, 0.717) is 43.1 Å². The highest BCUT2D eigenvalue weighted by Gasteiger charge is 2.26. The second-order valence-electron chi connectivity index (χ2n) is 6.01. The summed E-state index contributed by atoms with van der Waals surface area (Å²) < 4.78 is 5.00. The van der Waals surface area contributed by atoms with Crippen LogP contribution >= 0.6 is 0 Å². The van der Waals surface area contributed by atoms with E-state index in [9.17, 15) is 9.59 Å². The number of methoxy groups -OCH3 is 1. The molecule has 0 radical (unpaired) electrons. The first-order chi connectivity index (χ1) is 12.1. The maximum Gasteiger partial charge on any atom is 0.253 e. The topological polar surface area (TPSA) is 98.4 Å². The molecule has 2 N–H and O–H groups in total. The highest BCUT2D eigenvalue weighted by molar-refractivity contribution is 5.95. The predicted octanol–water partition coefficient (Wildman–Crippen LogP) is 1.49. The van der Waals surface area contributed by atoms with Crippen LogP contribution in [0, 0.1) is 5.92 Å². The first kappa shape index (κ1) is 16.9. The van der Waals surface area contributed by atoms with Crippen molar-refractivity contribution in [3.8, 4) is 17.1 Å². The fourth-order valence-corrected chi connectivity index (χ4v) is 2.94. The monoisotopic (exact) mass is 340 g/mol. The minimum Gasteiger partial charge on any atom is -0.480 e. The van der Waals surface area contributed by atoms with Gasteiger partial charge in [0.1, 0.15) is 0 Å². The largest absolute Gasteiger partial charge is 0.480 e. The number of nitrogens with two attached hydrogens (primary N) is 1. The highest BCUT2D eigenvalue weighted by atomic mass is 16.5. The van der Waals surface area contributed by atoms with Crippen LogP contribution in [-0.4, -0.2) is 47.1 Å². The molecule has 2 amide bonds. The SMILES string of the molecule is COc1ccc(-c2cccc(C(=O)N3CCC(C(N)=O)CC3)c2)nn1. The Morgan fingerprint density at radius 1 is 1.16 bits per heavy atom. The van der Waals surface area contributed by atoms with Crippen molar-refractivity contribution in [2.75, 3.05) is 20.2 Å². The number of primary amides is 1. The van der Waals surface area contributed by atoms with Crippen molar-refractivity contribution < 1.29 is 14.3 Å². The number of benzene rings is 1. The first-order valence-corrected chi connectivity index (χ1v) is 8.15. The lowest BCUT2D eigenvalue weighted by molar-refractivity contribution is -0.123. The predicted molar refractivity (Wildman–Crippen MR) is 91.8 cm³/mol. The Morgan fingerprint density at radius 3 is 2.52 bits per heavy atom. The van der Waals surface area contributed by atoms with Gasteiger partial charge in [-0.15, -0.1) is 10.2 Å². The van der Waals surface area contributed by atoms with Crippen LogP contribution in [0.3, 0.4) is 0 Å². The first-order valence-electron chi connectivity index (χ1n) is 8.15. The summed E-state index contributed by atoms with van der Waals surface area (Å²) in [5.74, 6) is -0.0309. The summed E-state index contributed by atoms with van der Waals surface area (Å²) in [4.78, 5) is 25.7. The Labute approximate surface area is 145 Å². The number of amides is 2. The molecular weight excluding hydrogens is 320 g/mol. The molecule has 0 atom stereocenters. The van der Waals surface area contributed by atoms with Crippen LogP contribution in [0.15, 0.2) is 36.4 Å². The van der Waals surface area contributed by atoms with E-state index in [1.807, 2.05) is 12.1 Å². The number of carbonyl (C=O) groups is 2. The summed E-state index contributed by atoms with van der Waals surface area (Å²) in [7, 11) is 1.53. The lowest BCUT2D eigenvalue weighted by Gasteiger charge is -2.30. The van der Waals surface area contributed by atoms with E-state index < -0.39 is 0 Å². The molecule has 1 saturated heterocycles. The van der Waals surface area contributed by atoms with Gasteiger partial charge in [0.05, 0.1) is 12.8 Å². The van der Waals surface area contributed by atoms with E-state index in [1.165, 1.54) is 7.11 Å². The Morgan fingerprint density at radius 2 is 1.92 bits per heavy atom. The smallest absolute Gasteiger partial charge is 0.253 e. The normalized spacial score (nSPS) is 15.0. The van der Waals surface area contributed by atoms with Crippen LogP contribution in [-0.2, 0) is 4.79 Å². The molecule has 2 heterocycles. The van der Waals surface area contributed by atoms with Gasteiger partial charge in [-0.05, 0) is 31.0 Å². The number of hydrogen-bond acceptors (Lipinski definition) is 5. The summed E-state index contributed by atoms with van der Waals surface area (Å²) in [6, 6.07) is 10.8. The molecule has 130 valence electrons. The van der Waals surface area contributed by atoms with Gasteiger partial charge in [0.2, 0.25) is 11.8 Å². The fourth-order valence-electron chi connectivity index (χ4n) is 2.94. The average molecular weight is 340 g/mol. The Hall–Kier alpha value is -2.96. The van der Waals surface area contributed by atoms with Crippen molar-refractivity contribution in [1.29, 1.82) is 0 Å². The zero-order valence-corrected chi connectivity index (χ0v) is 14.0. The average Bonchev–Trinajstić information content (AvgIpc) is 2.67. The van der Waals surface area contributed by atoms with E-state index in [2.05, 4.69) is 10.2 Å². The van der Waals surface area contributed by atoms with Crippen LogP contribution in [0.5, 0.6) is 5.88 Å². The van der Waals surface area contributed by atoms with Gasteiger partial charge in [-0.1, -0.05) is 12.1 Å². The number of carbonyl (C=O) groups excluding carboxylic acids is 2. The third-order valence-corrected chi connectivity index (χ3v) is 4.44. The Balaban J connectivity index is 1.74. The number of likely N-dealkylation sites (tertiary alicyclic amines) is 1. The molecule has 0 unspecified atom stereocenters. The van der Waals surface area contributed by atoms with E-state index in [4.69, 9.17) is 10.5 Å². The lowest BCUT2D eigenvalue weighted by Crippen LogP contribution is -2.41. The van der Waals surface area contributed by atoms with Crippen LogP contribution < -0.4 is 10.5 Å². The molecule has 1 aromatic heterocycles. The van der Waals surface area contributed by atoms with Gasteiger partial charge in [0.15, 0.2) is 0 Å². The molecular formula is C18H20N4O3. The van der Waals surface area contributed by atoms with Gasteiger partial charge in [0.25, 0.3) is 5.91 Å². The van der Waals surface area contributed by atoms with Crippen molar-refractivity contribution >= 4 is 11.8 Å². The maximum atomic E-state index is 12.7. The van der Waals surface area contributed by atoms with Crippen LogP contribution in [0.25, 0.3) is 11.3 Å². The molecule has 0 bridgehead atoms. The van der Waals surface area contributed by atoms with Crippen molar-refractivity contribution in [3.05, 3.63) is 42.0 Å². The van der Waals surface area contributed by atoms with Crippen molar-refractivity contribution in [3.63, 3.8) is 0 Å². The zero-order valence-electron chi connectivity index (χ0n) is 14.0. The van der Waals surface area contributed by atoms with Crippen molar-refractivity contribution in [2.45, 2.75) is 12.8 Å². The molecule has 1 aliphatic rings. The minimum absolute atomic E-state index is 0.0498.